The van der Waals surface area contributed by atoms with Gasteiger partial charge in [-0.25, -0.2) is 14.6 Å². The number of rotatable bonds is 11. The van der Waals surface area contributed by atoms with Crippen LogP contribution in [0.15, 0.2) is 24.3 Å². The highest BCUT2D eigenvalue weighted by Gasteiger charge is 2.50. The van der Waals surface area contributed by atoms with Gasteiger partial charge >= 0.3 is 18.1 Å². The van der Waals surface area contributed by atoms with Crippen LogP contribution in [0.3, 0.4) is 0 Å². The molecule has 0 radical (unpaired) electrons. The zero-order valence-electron chi connectivity index (χ0n) is 28.4. The Morgan fingerprint density at radius 2 is 1.70 bits per heavy atom. The minimum Gasteiger partial charge on any atom is -0.387 e. The van der Waals surface area contributed by atoms with Gasteiger partial charge in [0.15, 0.2) is 5.13 Å². The maximum atomic E-state index is 12.8. The summed E-state index contributed by atoms with van der Waals surface area (Å²) in [6, 6.07) is 7.46. The number of aromatic nitrogens is 1. The maximum absolute atomic E-state index is 12.8. The minimum atomic E-state index is -1.91. The molecule has 14 heteroatoms. The van der Waals surface area contributed by atoms with E-state index >= 15 is 0 Å². The van der Waals surface area contributed by atoms with Crippen molar-refractivity contribution in [1.82, 2.24) is 20.1 Å². The number of primary amides is 1. The molecule has 4 amide bonds. The minimum absolute atomic E-state index is 0.0167. The molecule has 1 fully saturated rings. The lowest BCUT2D eigenvalue weighted by Crippen LogP contribution is -2.59. The number of thiazole rings is 1. The van der Waals surface area contributed by atoms with E-state index in [1.54, 1.807) is 60.5 Å². The number of carbonyl (C=O) groups is 4. The molecule has 2 atom stereocenters. The molecule has 1 aliphatic heterocycles. The fourth-order valence-corrected chi connectivity index (χ4v) is 6.13. The van der Waals surface area contributed by atoms with Gasteiger partial charge in [-0.1, -0.05) is 32.9 Å². The van der Waals surface area contributed by atoms with Crippen LogP contribution >= 0.6 is 11.3 Å². The highest BCUT2D eigenvalue weighted by Crippen LogP contribution is 2.37. The van der Waals surface area contributed by atoms with E-state index < -0.39 is 29.1 Å². The number of aryl methyl sites for hydroxylation is 2. The van der Waals surface area contributed by atoms with E-state index in [-0.39, 0.29) is 17.7 Å². The second-order valence-electron chi connectivity index (χ2n) is 13.9. The van der Waals surface area contributed by atoms with Crippen LogP contribution in [0.5, 0.6) is 0 Å². The number of carbonyl (C=O) groups excluding carboxylic acids is 4. The molecule has 254 valence electrons. The molecule has 46 heavy (non-hydrogen) atoms. The van der Waals surface area contributed by atoms with Gasteiger partial charge in [-0.15, -0.1) is 11.3 Å². The fourth-order valence-electron chi connectivity index (χ4n) is 5.03. The van der Waals surface area contributed by atoms with E-state index in [4.69, 9.17) is 20.2 Å². The standard InChI is InChI=1S/C32H49N7O6S/c1-20(40)34-28-35-24(25(46-28)19-39-17-16-22(18-39)26(41)38(8)9)15-12-21-10-13-23(14-11-21)36-32(30(2,3)4,44-27(33)42)45-29(43)37-31(5,6)7/h10-11,13-14,22,36H,12,15-19H2,1-9H3,(H2,33,42)(H,37,43)(H,34,35,40)/t22-,32?/m0/s1. The molecular formula is C32H49N7O6S. The van der Waals surface area contributed by atoms with E-state index in [1.165, 1.54) is 18.3 Å². The summed E-state index contributed by atoms with van der Waals surface area (Å²) in [5.41, 5.74) is 6.37. The third kappa shape index (κ3) is 10.3. The molecule has 1 aliphatic rings. The summed E-state index contributed by atoms with van der Waals surface area (Å²) in [7, 11) is 3.57. The van der Waals surface area contributed by atoms with Crippen molar-refractivity contribution in [3.8, 4) is 0 Å². The van der Waals surface area contributed by atoms with Gasteiger partial charge in [-0.2, -0.15) is 0 Å². The van der Waals surface area contributed by atoms with Crippen molar-refractivity contribution < 1.29 is 28.7 Å². The number of amides is 4. The van der Waals surface area contributed by atoms with Crippen molar-refractivity contribution in [2.24, 2.45) is 17.1 Å². The number of benzene rings is 1. The zero-order chi connectivity index (χ0) is 34.4. The van der Waals surface area contributed by atoms with Gasteiger partial charge in [-0.05, 0) is 64.3 Å². The Morgan fingerprint density at radius 3 is 2.24 bits per heavy atom. The number of anilines is 2. The van der Waals surface area contributed by atoms with E-state index in [1.807, 2.05) is 24.3 Å². The Hall–Kier alpha value is -3.91. The average molecular weight is 660 g/mol. The topological polar surface area (TPSA) is 168 Å². The first-order valence-corrected chi connectivity index (χ1v) is 16.1. The molecule has 0 spiro atoms. The van der Waals surface area contributed by atoms with E-state index in [0.29, 0.717) is 36.8 Å². The first kappa shape index (κ1) is 36.6. The summed E-state index contributed by atoms with van der Waals surface area (Å²) in [5, 5.41) is 9.16. The van der Waals surface area contributed by atoms with E-state index in [0.717, 1.165) is 29.1 Å². The molecule has 2 aromatic rings. The monoisotopic (exact) mass is 659 g/mol. The Labute approximate surface area is 275 Å². The van der Waals surface area contributed by atoms with Crippen LogP contribution in [0, 0.1) is 11.3 Å². The Morgan fingerprint density at radius 1 is 1.04 bits per heavy atom. The normalized spacial score (nSPS) is 16.7. The number of hydrogen-bond donors (Lipinski definition) is 4. The van der Waals surface area contributed by atoms with Crippen LogP contribution in [0.4, 0.5) is 20.4 Å². The molecule has 5 N–H and O–H groups in total. The molecule has 0 aliphatic carbocycles. The number of nitrogens with zero attached hydrogens (tertiary/aromatic N) is 3. The smallest absolute Gasteiger partial charge is 0.387 e. The van der Waals surface area contributed by atoms with Crippen LogP contribution < -0.4 is 21.7 Å². The van der Waals surface area contributed by atoms with Gasteiger partial charge in [0.2, 0.25) is 11.8 Å². The van der Waals surface area contributed by atoms with Crippen molar-refractivity contribution in [2.45, 2.75) is 85.7 Å². The molecule has 0 bridgehead atoms. The van der Waals surface area contributed by atoms with Crippen molar-refractivity contribution in [3.05, 3.63) is 40.4 Å². The second kappa shape index (κ2) is 14.7. The van der Waals surface area contributed by atoms with Crippen LogP contribution in [0.25, 0.3) is 0 Å². The number of alkyl carbamates (subject to hydrolysis) is 1. The average Bonchev–Trinajstić information content (AvgIpc) is 3.52. The van der Waals surface area contributed by atoms with Crippen molar-refractivity contribution >= 4 is 46.2 Å². The lowest BCUT2D eigenvalue weighted by atomic mass is 9.90. The highest BCUT2D eigenvalue weighted by atomic mass is 32.1. The molecule has 1 aromatic carbocycles. The molecule has 1 unspecified atom stereocenters. The molecule has 2 heterocycles. The largest absolute Gasteiger partial charge is 0.412 e. The molecule has 3 rings (SSSR count). The number of ether oxygens (including phenoxy) is 2. The summed E-state index contributed by atoms with van der Waals surface area (Å²) in [5.74, 6) is -1.96. The van der Waals surface area contributed by atoms with Crippen molar-refractivity contribution in [1.29, 1.82) is 0 Å². The number of hydrogen-bond acceptors (Lipinski definition) is 10. The quantitative estimate of drug-likeness (QED) is 0.253. The van der Waals surface area contributed by atoms with Crippen LogP contribution in [0.2, 0.25) is 0 Å². The van der Waals surface area contributed by atoms with Gasteiger partial charge < -0.3 is 36.1 Å². The summed E-state index contributed by atoms with van der Waals surface area (Å²) in [6.45, 7) is 14.3. The summed E-state index contributed by atoms with van der Waals surface area (Å²) in [4.78, 5) is 58.7. The predicted molar refractivity (Wildman–Crippen MR) is 178 cm³/mol. The second-order valence-corrected chi connectivity index (χ2v) is 15.0. The van der Waals surface area contributed by atoms with Crippen molar-refractivity contribution in [3.63, 3.8) is 0 Å². The molecule has 0 saturated carbocycles. The van der Waals surface area contributed by atoms with Gasteiger partial charge in [-0.3, -0.25) is 14.5 Å². The van der Waals surface area contributed by atoms with Gasteiger partial charge in [0, 0.05) is 50.2 Å². The molecular weight excluding hydrogens is 610 g/mol. The first-order chi connectivity index (χ1) is 21.3. The Kier molecular flexibility index (Phi) is 11.7. The lowest BCUT2D eigenvalue weighted by molar-refractivity contribution is -0.202. The summed E-state index contributed by atoms with van der Waals surface area (Å²) in [6.07, 6.45) is 0.245. The SMILES string of the molecule is CC(=O)Nc1nc(CCc2ccc(NC(OC(N)=O)(OC(=O)NC(C)(C)C)C(C)(C)C)cc2)c(CN2CC[C@H](C(=O)N(C)C)C2)s1. The molecule has 13 nitrogen and oxygen atoms in total. The molecule has 1 aromatic heterocycles. The third-order valence-electron chi connectivity index (χ3n) is 7.35. The van der Waals surface area contributed by atoms with E-state index in [2.05, 4.69) is 20.9 Å². The lowest BCUT2D eigenvalue weighted by Gasteiger charge is -2.42. The van der Waals surface area contributed by atoms with Crippen molar-refractivity contribution in [2.75, 3.05) is 37.8 Å². The Balaban J connectivity index is 1.75. The van der Waals surface area contributed by atoms with Gasteiger partial charge in [0.25, 0.3) is 0 Å². The highest BCUT2D eigenvalue weighted by molar-refractivity contribution is 7.15. The maximum Gasteiger partial charge on any atom is 0.412 e. The van der Waals surface area contributed by atoms with Crippen LogP contribution in [0.1, 0.15) is 71.0 Å². The Bertz CT molecular complexity index is 1400. The predicted octanol–water partition coefficient (Wildman–Crippen LogP) is 4.53. The summed E-state index contributed by atoms with van der Waals surface area (Å²) < 4.78 is 11.1. The van der Waals surface area contributed by atoms with E-state index in [9.17, 15) is 19.2 Å². The summed E-state index contributed by atoms with van der Waals surface area (Å²) >= 11 is 1.46. The fraction of sp³-hybridized carbons (Fsp3) is 0.594. The van der Waals surface area contributed by atoms with Crippen LogP contribution in [-0.4, -0.2) is 77.4 Å². The number of nitrogens with one attached hydrogen (secondary N) is 3. The zero-order valence-corrected chi connectivity index (χ0v) is 29.2. The third-order valence-corrected chi connectivity index (χ3v) is 8.35. The molecule has 1 saturated heterocycles. The number of nitrogens with two attached hydrogens (primary N) is 1. The van der Waals surface area contributed by atoms with Crippen LogP contribution in [-0.2, 0) is 38.4 Å². The van der Waals surface area contributed by atoms with Gasteiger partial charge in [0.05, 0.1) is 17.0 Å². The number of likely N-dealkylation sites (tertiary alicyclic amines) is 1. The first-order valence-electron chi connectivity index (χ1n) is 15.3. The van der Waals surface area contributed by atoms with Gasteiger partial charge in [0.1, 0.15) is 0 Å².